The van der Waals surface area contributed by atoms with Crippen molar-refractivity contribution in [2.24, 2.45) is 0 Å². The van der Waals surface area contributed by atoms with Crippen molar-refractivity contribution in [1.29, 1.82) is 0 Å². The maximum Gasteiger partial charge on any atom is 0.0465 e. The van der Waals surface area contributed by atoms with Gasteiger partial charge in [-0.25, -0.2) is 0 Å². The predicted octanol–water partition coefficient (Wildman–Crippen LogP) is 17.0. The van der Waals surface area contributed by atoms with E-state index in [0.717, 1.165) is 17.1 Å². The Hall–Kier alpha value is -7.74. The van der Waals surface area contributed by atoms with Crippen molar-refractivity contribution < 1.29 is 0 Å². The minimum absolute atomic E-state index is 0.102. The lowest BCUT2D eigenvalue weighted by Gasteiger charge is -2.28. The Bertz CT molecular complexity index is 3230. The highest BCUT2D eigenvalue weighted by Crippen LogP contribution is 2.50. The van der Waals surface area contributed by atoms with Gasteiger partial charge in [0.1, 0.15) is 0 Å². The van der Waals surface area contributed by atoms with Crippen molar-refractivity contribution in [2.75, 3.05) is 4.90 Å². The van der Waals surface area contributed by atoms with Crippen LogP contribution in [0.3, 0.4) is 0 Å². The molecule has 10 aromatic rings. The van der Waals surface area contributed by atoms with Crippen molar-refractivity contribution in [1.82, 2.24) is 0 Å². The van der Waals surface area contributed by atoms with Gasteiger partial charge in [-0.15, -0.1) is 0 Å². The number of benzene rings is 10. The smallest absolute Gasteiger partial charge is 0.0465 e. The molecule has 0 aromatic heterocycles. The van der Waals surface area contributed by atoms with Gasteiger partial charge in [-0.1, -0.05) is 196 Å². The van der Waals surface area contributed by atoms with Crippen molar-refractivity contribution in [3.63, 3.8) is 0 Å². The lowest BCUT2D eigenvalue weighted by molar-refractivity contribution is 0.660. The molecule has 0 spiro atoms. The quantitative estimate of drug-likeness (QED) is 0.148. The summed E-state index contributed by atoms with van der Waals surface area (Å²) in [6.07, 6.45) is 0. The molecule has 62 heavy (non-hydrogen) atoms. The third-order valence-corrected chi connectivity index (χ3v) is 12.9. The summed E-state index contributed by atoms with van der Waals surface area (Å²) in [5.41, 5.74) is 20.7. The van der Waals surface area contributed by atoms with Gasteiger partial charge in [-0.3, -0.25) is 0 Å². The van der Waals surface area contributed by atoms with E-state index in [1.54, 1.807) is 0 Å². The minimum atomic E-state index is -0.102. The van der Waals surface area contributed by atoms with Gasteiger partial charge in [0.05, 0.1) is 0 Å². The first kappa shape index (κ1) is 37.3. The van der Waals surface area contributed by atoms with Gasteiger partial charge < -0.3 is 4.90 Å². The van der Waals surface area contributed by atoms with Gasteiger partial charge in [-0.05, 0) is 143 Å². The van der Waals surface area contributed by atoms with Crippen molar-refractivity contribution >= 4 is 27.8 Å². The second-order valence-electron chi connectivity index (χ2n) is 17.0. The van der Waals surface area contributed by atoms with Gasteiger partial charge in [0, 0.05) is 22.5 Å². The molecule has 0 aliphatic heterocycles. The van der Waals surface area contributed by atoms with E-state index in [1.807, 2.05) is 0 Å². The summed E-state index contributed by atoms with van der Waals surface area (Å²) >= 11 is 0. The molecule has 0 amide bonds. The van der Waals surface area contributed by atoms with E-state index in [2.05, 4.69) is 255 Å². The Balaban J connectivity index is 0.914. The normalized spacial score (nSPS) is 12.5. The van der Waals surface area contributed by atoms with Crippen LogP contribution in [0.1, 0.15) is 25.0 Å². The van der Waals surface area contributed by atoms with Gasteiger partial charge in [-0.2, -0.15) is 0 Å². The first-order valence-corrected chi connectivity index (χ1v) is 21.6. The maximum atomic E-state index is 2.41. The number of hydrogen-bond acceptors (Lipinski definition) is 1. The van der Waals surface area contributed by atoms with E-state index in [-0.39, 0.29) is 5.41 Å². The van der Waals surface area contributed by atoms with E-state index >= 15 is 0 Å². The summed E-state index contributed by atoms with van der Waals surface area (Å²) in [7, 11) is 0. The first-order chi connectivity index (χ1) is 30.5. The van der Waals surface area contributed by atoms with Gasteiger partial charge >= 0.3 is 0 Å². The van der Waals surface area contributed by atoms with Gasteiger partial charge in [0.2, 0.25) is 0 Å². The first-order valence-electron chi connectivity index (χ1n) is 21.6. The zero-order chi connectivity index (χ0) is 41.6. The highest BCUT2D eigenvalue weighted by molar-refractivity contribution is 5.89. The number of rotatable bonds is 8. The molecule has 1 aliphatic carbocycles. The van der Waals surface area contributed by atoms with Crippen LogP contribution in [0.5, 0.6) is 0 Å². The molecule has 1 nitrogen and oxygen atoms in total. The van der Waals surface area contributed by atoms with Crippen LogP contribution in [0.4, 0.5) is 17.1 Å². The summed E-state index contributed by atoms with van der Waals surface area (Å²) in [5.74, 6) is 0. The fraction of sp³-hybridized carbons (Fsp3) is 0.0492. The molecular formula is C61H45N. The summed E-state index contributed by atoms with van der Waals surface area (Å²) in [5, 5.41) is 2.52. The van der Waals surface area contributed by atoms with E-state index in [4.69, 9.17) is 0 Å². The average Bonchev–Trinajstić information content (AvgIpc) is 3.57. The molecule has 0 fully saturated rings. The third kappa shape index (κ3) is 6.79. The van der Waals surface area contributed by atoms with Crippen LogP contribution in [-0.2, 0) is 5.41 Å². The molecule has 0 bridgehead atoms. The highest BCUT2D eigenvalue weighted by atomic mass is 15.1. The molecule has 11 rings (SSSR count). The Labute approximate surface area is 364 Å². The Morgan fingerprint density at radius 2 is 0.661 bits per heavy atom. The van der Waals surface area contributed by atoms with Gasteiger partial charge in [0.15, 0.2) is 0 Å². The molecule has 0 N–H and O–H groups in total. The largest absolute Gasteiger partial charge is 0.310 e. The van der Waals surface area contributed by atoms with Crippen molar-refractivity contribution in [3.8, 4) is 66.8 Å². The average molecular weight is 792 g/mol. The standard InChI is InChI=1S/C61H45N/c1-61(2)59-21-9-8-20-57(59)58-37-36-56(41-60(58)61)62(55-34-30-47(31-35-55)50-17-10-16-49(38-50)42-12-4-3-5-13-42)54-32-28-45(29-33-54)44-22-24-46(25-23-44)51-18-11-19-52(39-51)53-27-26-43-14-6-7-15-48(43)40-53/h3-41H,1-2H3. The predicted molar refractivity (Wildman–Crippen MR) is 263 cm³/mol. The lowest BCUT2D eigenvalue weighted by atomic mass is 9.82. The van der Waals surface area contributed by atoms with Crippen LogP contribution in [-0.4, -0.2) is 0 Å². The zero-order valence-corrected chi connectivity index (χ0v) is 35.0. The molecule has 1 heteroatoms. The van der Waals surface area contributed by atoms with Crippen molar-refractivity contribution in [3.05, 3.63) is 248 Å². The van der Waals surface area contributed by atoms with Crippen LogP contribution in [0, 0.1) is 0 Å². The van der Waals surface area contributed by atoms with Gasteiger partial charge in [0.25, 0.3) is 0 Å². The molecule has 0 saturated carbocycles. The van der Waals surface area contributed by atoms with Crippen LogP contribution in [0.2, 0.25) is 0 Å². The maximum absolute atomic E-state index is 2.41. The second kappa shape index (κ2) is 15.4. The molecular weight excluding hydrogens is 747 g/mol. The van der Waals surface area contributed by atoms with Crippen molar-refractivity contribution in [2.45, 2.75) is 19.3 Å². The monoisotopic (exact) mass is 791 g/mol. The molecule has 0 heterocycles. The second-order valence-corrected chi connectivity index (χ2v) is 17.0. The zero-order valence-electron chi connectivity index (χ0n) is 35.0. The number of hydrogen-bond donors (Lipinski definition) is 0. The summed E-state index contributed by atoms with van der Waals surface area (Å²) in [4.78, 5) is 2.40. The number of fused-ring (bicyclic) bond motifs is 4. The van der Waals surface area contributed by atoms with E-state index in [1.165, 1.54) is 88.7 Å². The number of anilines is 3. The molecule has 0 saturated heterocycles. The fourth-order valence-corrected chi connectivity index (χ4v) is 9.50. The molecule has 1 aliphatic rings. The Morgan fingerprint density at radius 3 is 1.27 bits per heavy atom. The highest BCUT2D eigenvalue weighted by Gasteiger charge is 2.35. The third-order valence-electron chi connectivity index (χ3n) is 12.9. The van der Waals surface area contributed by atoms with Crippen LogP contribution in [0.15, 0.2) is 237 Å². The molecule has 10 aromatic carbocycles. The van der Waals surface area contributed by atoms with Crippen LogP contribution >= 0.6 is 0 Å². The summed E-state index contributed by atoms with van der Waals surface area (Å²) in [6.45, 7) is 4.71. The van der Waals surface area contributed by atoms with Crippen LogP contribution < -0.4 is 4.90 Å². The lowest BCUT2D eigenvalue weighted by Crippen LogP contribution is -2.16. The summed E-state index contributed by atoms with van der Waals surface area (Å²) < 4.78 is 0. The topological polar surface area (TPSA) is 3.24 Å². The Kier molecular flexibility index (Phi) is 9.24. The SMILES string of the molecule is CC1(C)c2ccccc2-c2ccc(N(c3ccc(-c4ccc(-c5cccc(-c6ccc7ccccc7c6)c5)cc4)cc3)c3ccc(-c4cccc(-c5ccccc5)c4)cc3)cc21. The fourth-order valence-electron chi connectivity index (χ4n) is 9.50. The Morgan fingerprint density at radius 1 is 0.258 bits per heavy atom. The molecule has 0 radical (unpaired) electrons. The molecule has 294 valence electrons. The van der Waals surface area contributed by atoms with E-state index < -0.39 is 0 Å². The van der Waals surface area contributed by atoms with Crippen LogP contribution in [0.25, 0.3) is 77.5 Å². The van der Waals surface area contributed by atoms with E-state index in [9.17, 15) is 0 Å². The molecule has 0 unspecified atom stereocenters. The summed E-state index contributed by atoms with van der Waals surface area (Å²) in [6, 6.07) is 86.5. The molecule has 0 atom stereocenters. The number of nitrogens with zero attached hydrogens (tertiary/aromatic N) is 1. The minimum Gasteiger partial charge on any atom is -0.310 e. The van der Waals surface area contributed by atoms with E-state index in [0.29, 0.717) is 0 Å².